The van der Waals surface area contributed by atoms with E-state index in [4.69, 9.17) is 0 Å². The van der Waals surface area contributed by atoms with E-state index < -0.39 is 0 Å². The normalized spacial score (nSPS) is 9.00. The van der Waals surface area contributed by atoms with Gasteiger partial charge in [-0.1, -0.05) is 5.16 Å². The summed E-state index contributed by atoms with van der Waals surface area (Å²) in [6.45, 7) is 3.40. The van der Waals surface area contributed by atoms with Gasteiger partial charge in [0.2, 0.25) is 0 Å². The standard InChI is InChI=1S/C8H12NO/c1-3-4-5-6-7-8-9-10-2/h8H,1,5-7H2,2H3. The van der Waals surface area contributed by atoms with Gasteiger partial charge >= 0.3 is 0 Å². The molecule has 0 amide bonds. The molecule has 0 saturated heterocycles. The van der Waals surface area contributed by atoms with E-state index in [1.54, 1.807) is 6.21 Å². The molecule has 2 nitrogen and oxygen atoms in total. The van der Waals surface area contributed by atoms with Gasteiger partial charge in [0.15, 0.2) is 0 Å². The monoisotopic (exact) mass is 138 g/mol. The van der Waals surface area contributed by atoms with Crippen LogP contribution in [0.1, 0.15) is 19.3 Å². The van der Waals surface area contributed by atoms with Gasteiger partial charge in [0, 0.05) is 19.6 Å². The summed E-state index contributed by atoms with van der Waals surface area (Å²) < 4.78 is 0. The van der Waals surface area contributed by atoms with E-state index in [9.17, 15) is 0 Å². The predicted molar refractivity (Wildman–Crippen MR) is 42.5 cm³/mol. The molecule has 0 rings (SSSR count). The summed E-state index contributed by atoms with van der Waals surface area (Å²) >= 11 is 0. The van der Waals surface area contributed by atoms with Crippen LogP contribution in [0.15, 0.2) is 5.16 Å². The first-order valence-electron chi connectivity index (χ1n) is 3.21. The molecular weight excluding hydrogens is 126 g/mol. The molecule has 2 heteroatoms. The van der Waals surface area contributed by atoms with Gasteiger partial charge in [-0.2, -0.15) is 0 Å². The van der Waals surface area contributed by atoms with Crippen LogP contribution in [0, 0.1) is 18.8 Å². The lowest BCUT2D eigenvalue weighted by atomic mass is 10.2. The van der Waals surface area contributed by atoms with E-state index >= 15 is 0 Å². The number of unbranched alkanes of at least 4 members (excludes halogenated alkanes) is 2. The van der Waals surface area contributed by atoms with E-state index in [0.717, 1.165) is 19.3 Å². The molecular formula is C8H12NO. The van der Waals surface area contributed by atoms with Crippen molar-refractivity contribution in [3.63, 3.8) is 0 Å². The first-order chi connectivity index (χ1) is 4.91. The van der Waals surface area contributed by atoms with Gasteiger partial charge in [-0.3, -0.25) is 0 Å². The van der Waals surface area contributed by atoms with Gasteiger partial charge in [0.05, 0.1) is 0 Å². The smallest absolute Gasteiger partial charge is 0.106 e. The molecule has 0 fully saturated rings. The van der Waals surface area contributed by atoms with E-state index in [1.807, 2.05) is 0 Å². The Morgan fingerprint density at radius 1 is 1.70 bits per heavy atom. The zero-order valence-electron chi connectivity index (χ0n) is 6.26. The van der Waals surface area contributed by atoms with Crippen LogP contribution >= 0.6 is 0 Å². The Bertz CT molecular complexity index is 141. The van der Waals surface area contributed by atoms with Crippen LogP contribution in [0.3, 0.4) is 0 Å². The number of hydrogen-bond donors (Lipinski definition) is 0. The van der Waals surface area contributed by atoms with Crippen LogP contribution in [0.4, 0.5) is 0 Å². The summed E-state index contributed by atoms with van der Waals surface area (Å²) in [5.41, 5.74) is 0. The van der Waals surface area contributed by atoms with Crippen molar-refractivity contribution in [2.45, 2.75) is 19.3 Å². The van der Waals surface area contributed by atoms with E-state index in [2.05, 4.69) is 28.8 Å². The van der Waals surface area contributed by atoms with Crippen LogP contribution in [-0.2, 0) is 4.84 Å². The van der Waals surface area contributed by atoms with Crippen LogP contribution in [-0.4, -0.2) is 13.3 Å². The van der Waals surface area contributed by atoms with E-state index in [-0.39, 0.29) is 0 Å². The second-order valence-electron chi connectivity index (χ2n) is 1.72. The van der Waals surface area contributed by atoms with Crippen molar-refractivity contribution in [2.24, 2.45) is 5.16 Å². The van der Waals surface area contributed by atoms with E-state index in [0.29, 0.717) is 0 Å². The van der Waals surface area contributed by atoms with Crippen molar-refractivity contribution in [1.82, 2.24) is 0 Å². The zero-order valence-corrected chi connectivity index (χ0v) is 6.26. The van der Waals surface area contributed by atoms with Crippen molar-refractivity contribution in [3.8, 4) is 11.8 Å². The third-order valence-electron chi connectivity index (χ3n) is 0.940. The zero-order chi connectivity index (χ0) is 7.66. The first-order valence-corrected chi connectivity index (χ1v) is 3.21. The van der Waals surface area contributed by atoms with Crippen molar-refractivity contribution in [1.29, 1.82) is 0 Å². The summed E-state index contributed by atoms with van der Waals surface area (Å²) in [7, 11) is 1.53. The Hall–Kier alpha value is -0.970. The van der Waals surface area contributed by atoms with Crippen molar-refractivity contribution >= 4 is 6.21 Å². The third kappa shape index (κ3) is 7.03. The average Bonchev–Trinajstić information content (AvgIpc) is 1.97. The van der Waals surface area contributed by atoms with Gasteiger partial charge in [-0.25, -0.2) is 0 Å². The van der Waals surface area contributed by atoms with Crippen LogP contribution in [0.5, 0.6) is 0 Å². The maximum absolute atomic E-state index is 4.47. The van der Waals surface area contributed by atoms with Crippen molar-refractivity contribution in [2.75, 3.05) is 7.11 Å². The van der Waals surface area contributed by atoms with E-state index in [1.165, 1.54) is 7.11 Å². The fourth-order valence-corrected chi connectivity index (χ4v) is 0.497. The Balaban J connectivity index is 3.02. The fraction of sp³-hybridized carbons (Fsp3) is 0.500. The van der Waals surface area contributed by atoms with Crippen LogP contribution in [0.2, 0.25) is 0 Å². The number of nitrogens with zero attached hydrogens (tertiary/aromatic N) is 1. The highest BCUT2D eigenvalue weighted by Gasteiger charge is 1.79. The lowest BCUT2D eigenvalue weighted by Crippen LogP contribution is -1.77. The van der Waals surface area contributed by atoms with Gasteiger partial charge < -0.3 is 4.84 Å². The summed E-state index contributed by atoms with van der Waals surface area (Å²) in [4.78, 5) is 4.47. The maximum Gasteiger partial charge on any atom is 0.106 e. The Morgan fingerprint density at radius 2 is 2.50 bits per heavy atom. The van der Waals surface area contributed by atoms with Gasteiger partial charge in [0.25, 0.3) is 0 Å². The molecule has 1 radical (unpaired) electrons. The van der Waals surface area contributed by atoms with Gasteiger partial charge in [-0.05, 0) is 12.8 Å². The summed E-state index contributed by atoms with van der Waals surface area (Å²) in [6, 6.07) is 0. The summed E-state index contributed by atoms with van der Waals surface area (Å²) in [5, 5.41) is 3.58. The molecule has 0 spiro atoms. The first kappa shape index (κ1) is 9.03. The predicted octanol–water partition coefficient (Wildman–Crippen LogP) is 1.63. The molecule has 0 saturated carbocycles. The average molecular weight is 138 g/mol. The molecule has 0 atom stereocenters. The molecule has 0 aromatic heterocycles. The van der Waals surface area contributed by atoms with Crippen molar-refractivity contribution in [3.05, 3.63) is 6.92 Å². The van der Waals surface area contributed by atoms with Crippen LogP contribution in [0.25, 0.3) is 0 Å². The van der Waals surface area contributed by atoms with Gasteiger partial charge in [0.1, 0.15) is 7.11 Å². The molecule has 0 aromatic rings. The molecule has 0 aliphatic rings. The van der Waals surface area contributed by atoms with Gasteiger partial charge in [-0.15, -0.1) is 11.8 Å². The number of rotatable bonds is 4. The van der Waals surface area contributed by atoms with Crippen molar-refractivity contribution < 1.29 is 4.84 Å². The molecule has 0 heterocycles. The molecule has 55 valence electrons. The summed E-state index contributed by atoms with van der Waals surface area (Å²) in [5.74, 6) is 5.44. The largest absolute Gasteiger partial charge is 0.399 e. The molecule has 0 N–H and O–H groups in total. The molecule has 0 aromatic carbocycles. The number of hydrogen-bond acceptors (Lipinski definition) is 2. The highest BCUT2D eigenvalue weighted by atomic mass is 16.6. The Kier molecular flexibility index (Phi) is 7.25. The Labute approximate surface area is 62.3 Å². The topological polar surface area (TPSA) is 21.6 Å². The lowest BCUT2D eigenvalue weighted by Gasteiger charge is -1.86. The highest BCUT2D eigenvalue weighted by Crippen LogP contribution is 1.90. The lowest BCUT2D eigenvalue weighted by molar-refractivity contribution is 0.214. The minimum Gasteiger partial charge on any atom is -0.399 e. The highest BCUT2D eigenvalue weighted by molar-refractivity contribution is 5.56. The summed E-state index contributed by atoms with van der Waals surface area (Å²) in [6.07, 6.45) is 4.57. The second-order valence-corrected chi connectivity index (χ2v) is 1.72. The third-order valence-corrected chi connectivity index (χ3v) is 0.940. The fourth-order valence-electron chi connectivity index (χ4n) is 0.497. The second kappa shape index (κ2) is 8.03. The molecule has 0 bridgehead atoms. The van der Waals surface area contributed by atoms with Crippen LogP contribution < -0.4 is 0 Å². The molecule has 10 heavy (non-hydrogen) atoms. The minimum absolute atomic E-state index is 0.888. The quantitative estimate of drug-likeness (QED) is 0.250. The number of oxime groups is 1. The molecule has 0 aliphatic heterocycles. The maximum atomic E-state index is 4.47. The Morgan fingerprint density at radius 3 is 3.10 bits per heavy atom. The molecule has 0 aliphatic carbocycles. The minimum atomic E-state index is 0.888. The molecule has 0 unspecified atom stereocenters. The SMILES string of the molecule is [CH2]C#CCCCC=NOC.